The molecule has 1 fully saturated rings. The van der Waals surface area contributed by atoms with Crippen LogP contribution in [-0.4, -0.2) is 45.0 Å². The largest absolute Gasteiger partial charge is 0.368 e. The van der Waals surface area contributed by atoms with E-state index >= 15 is 0 Å². The molecule has 1 aliphatic heterocycles. The molecule has 0 spiro atoms. The number of nitrogens with zero attached hydrogens (tertiary/aromatic N) is 4. The summed E-state index contributed by atoms with van der Waals surface area (Å²) in [5.41, 5.74) is 7.46. The average Bonchev–Trinajstić information content (AvgIpc) is 3.13. The van der Waals surface area contributed by atoms with Crippen molar-refractivity contribution in [2.45, 2.75) is 31.7 Å². The molecule has 1 amide bonds. The minimum atomic E-state index is -0.0238. The maximum absolute atomic E-state index is 11.9. The minimum absolute atomic E-state index is 0.0238. The maximum atomic E-state index is 11.9. The summed E-state index contributed by atoms with van der Waals surface area (Å²) in [5, 5.41) is 6.17. The van der Waals surface area contributed by atoms with E-state index < -0.39 is 0 Å². The van der Waals surface area contributed by atoms with Crippen LogP contribution in [0.4, 0.5) is 5.95 Å². The minimum Gasteiger partial charge on any atom is -0.368 e. The number of nitrogens with two attached hydrogens (primary N) is 1. The first-order valence-corrected chi connectivity index (χ1v) is 8.12. The van der Waals surface area contributed by atoms with E-state index in [-0.39, 0.29) is 17.9 Å². The van der Waals surface area contributed by atoms with E-state index in [1.807, 2.05) is 12.3 Å². The Morgan fingerprint density at radius 1 is 1.38 bits per heavy atom. The third-order valence-corrected chi connectivity index (χ3v) is 3.96. The van der Waals surface area contributed by atoms with Crippen LogP contribution in [0.3, 0.4) is 0 Å². The number of carbonyl (C=O) groups is 1. The lowest BCUT2D eigenvalue weighted by molar-refractivity contribution is -0.122. The zero-order valence-electron chi connectivity index (χ0n) is 13.4. The summed E-state index contributed by atoms with van der Waals surface area (Å²) in [7, 11) is 0. The third kappa shape index (κ3) is 4.23. The Kier molecular flexibility index (Phi) is 5.27. The molecule has 24 heavy (non-hydrogen) atoms. The Morgan fingerprint density at radius 3 is 3.08 bits per heavy atom. The molecular formula is C16H21N7O. The summed E-state index contributed by atoms with van der Waals surface area (Å²) in [6.45, 7) is 1.58. The molecule has 0 aromatic carbocycles. The van der Waals surface area contributed by atoms with Gasteiger partial charge in [-0.05, 0) is 43.9 Å². The highest BCUT2D eigenvalue weighted by Crippen LogP contribution is 2.15. The summed E-state index contributed by atoms with van der Waals surface area (Å²) in [4.78, 5) is 28.1. The van der Waals surface area contributed by atoms with Gasteiger partial charge in [0.15, 0.2) is 5.82 Å². The van der Waals surface area contributed by atoms with Gasteiger partial charge in [-0.3, -0.25) is 9.78 Å². The van der Waals surface area contributed by atoms with Crippen LogP contribution in [0.15, 0.2) is 24.8 Å². The van der Waals surface area contributed by atoms with Crippen molar-refractivity contribution < 1.29 is 4.79 Å². The highest BCUT2D eigenvalue weighted by atomic mass is 16.2. The second-order valence-corrected chi connectivity index (χ2v) is 5.79. The van der Waals surface area contributed by atoms with E-state index in [2.05, 4.69) is 30.6 Å². The van der Waals surface area contributed by atoms with Crippen LogP contribution in [0.1, 0.15) is 24.8 Å². The van der Waals surface area contributed by atoms with Crippen molar-refractivity contribution in [2.75, 3.05) is 18.8 Å². The van der Waals surface area contributed by atoms with Crippen LogP contribution in [0.2, 0.25) is 0 Å². The van der Waals surface area contributed by atoms with E-state index in [1.165, 1.54) is 6.33 Å². The first-order chi connectivity index (χ1) is 11.7. The monoisotopic (exact) mass is 327 g/mol. The molecule has 0 radical (unpaired) electrons. The number of pyridine rings is 1. The van der Waals surface area contributed by atoms with Crippen molar-refractivity contribution in [3.63, 3.8) is 0 Å². The summed E-state index contributed by atoms with van der Waals surface area (Å²) in [6, 6.07) is 1.96. The van der Waals surface area contributed by atoms with Gasteiger partial charge in [0.05, 0.1) is 6.04 Å². The highest BCUT2D eigenvalue weighted by molar-refractivity contribution is 5.81. The molecule has 2 aromatic heterocycles. The second kappa shape index (κ2) is 7.78. The predicted octanol–water partition coefficient (Wildman–Crippen LogP) is 0.317. The van der Waals surface area contributed by atoms with E-state index in [0.717, 1.165) is 43.4 Å². The molecule has 0 bridgehead atoms. The molecule has 126 valence electrons. The first kappa shape index (κ1) is 16.3. The molecule has 3 heterocycles. The number of anilines is 1. The Balaban J connectivity index is 1.50. The second-order valence-electron chi connectivity index (χ2n) is 5.79. The summed E-state index contributed by atoms with van der Waals surface area (Å²) in [6.07, 6.45) is 8.56. The standard InChI is InChI=1S/C16H21N7O/c17-16-22-10-21-14(23-16)12-7-11(8-18-9-12)3-1-6-20-15(24)13-4-2-5-19-13/h7-10,13,19H,1-6H2,(H,20,24)(H2,17,21,22,23)/t13-/m0/s1. The van der Waals surface area contributed by atoms with E-state index in [4.69, 9.17) is 5.73 Å². The Hall–Kier alpha value is -2.61. The van der Waals surface area contributed by atoms with Gasteiger partial charge in [0.1, 0.15) is 6.33 Å². The van der Waals surface area contributed by atoms with Gasteiger partial charge in [0.25, 0.3) is 0 Å². The maximum Gasteiger partial charge on any atom is 0.237 e. The molecule has 8 heteroatoms. The van der Waals surface area contributed by atoms with Gasteiger partial charge in [0.2, 0.25) is 11.9 Å². The van der Waals surface area contributed by atoms with E-state index in [1.54, 1.807) is 6.20 Å². The van der Waals surface area contributed by atoms with Gasteiger partial charge in [-0.15, -0.1) is 0 Å². The van der Waals surface area contributed by atoms with Gasteiger partial charge in [-0.2, -0.15) is 4.98 Å². The van der Waals surface area contributed by atoms with Gasteiger partial charge < -0.3 is 16.4 Å². The fourth-order valence-electron chi connectivity index (χ4n) is 2.73. The summed E-state index contributed by atoms with van der Waals surface area (Å²) < 4.78 is 0. The zero-order chi connectivity index (χ0) is 16.8. The van der Waals surface area contributed by atoms with E-state index in [9.17, 15) is 4.79 Å². The van der Waals surface area contributed by atoms with Gasteiger partial charge >= 0.3 is 0 Å². The van der Waals surface area contributed by atoms with Crippen molar-refractivity contribution in [1.29, 1.82) is 0 Å². The predicted molar refractivity (Wildman–Crippen MR) is 89.8 cm³/mol. The molecule has 0 saturated carbocycles. The van der Waals surface area contributed by atoms with Crippen LogP contribution in [0.5, 0.6) is 0 Å². The fourth-order valence-corrected chi connectivity index (χ4v) is 2.73. The van der Waals surface area contributed by atoms with Crippen molar-refractivity contribution in [1.82, 2.24) is 30.6 Å². The van der Waals surface area contributed by atoms with Crippen LogP contribution in [0, 0.1) is 0 Å². The number of nitrogen functional groups attached to an aromatic ring is 1. The summed E-state index contributed by atoms with van der Waals surface area (Å²) >= 11 is 0. The number of amides is 1. The normalized spacial score (nSPS) is 16.9. The van der Waals surface area contributed by atoms with Crippen LogP contribution >= 0.6 is 0 Å². The summed E-state index contributed by atoms with van der Waals surface area (Å²) in [5.74, 6) is 0.797. The fraction of sp³-hybridized carbons (Fsp3) is 0.438. The zero-order valence-corrected chi connectivity index (χ0v) is 13.4. The van der Waals surface area contributed by atoms with Crippen molar-refractivity contribution in [3.05, 3.63) is 30.4 Å². The molecule has 1 saturated heterocycles. The smallest absolute Gasteiger partial charge is 0.237 e. The third-order valence-electron chi connectivity index (χ3n) is 3.96. The van der Waals surface area contributed by atoms with Crippen LogP contribution in [0.25, 0.3) is 11.4 Å². The Labute approximate surface area is 140 Å². The number of aryl methyl sites for hydroxylation is 1. The number of nitrogens with one attached hydrogen (secondary N) is 2. The Morgan fingerprint density at radius 2 is 2.29 bits per heavy atom. The SMILES string of the molecule is Nc1ncnc(-c2cncc(CCCNC(=O)[C@@H]3CCCN3)c2)n1. The van der Waals surface area contributed by atoms with Gasteiger partial charge in [0, 0.05) is 24.5 Å². The molecular weight excluding hydrogens is 306 g/mol. The lowest BCUT2D eigenvalue weighted by Crippen LogP contribution is -2.40. The quantitative estimate of drug-likeness (QED) is 0.654. The number of aromatic nitrogens is 4. The lowest BCUT2D eigenvalue weighted by Gasteiger charge is -2.11. The number of rotatable bonds is 6. The van der Waals surface area contributed by atoms with Crippen molar-refractivity contribution in [2.24, 2.45) is 0 Å². The molecule has 3 rings (SSSR count). The van der Waals surface area contributed by atoms with Gasteiger partial charge in [-0.1, -0.05) is 0 Å². The van der Waals surface area contributed by atoms with E-state index in [0.29, 0.717) is 12.4 Å². The number of carbonyl (C=O) groups excluding carboxylic acids is 1. The van der Waals surface area contributed by atoms with Gasteiger partial charge in [-0.25, -0.2) is 9.97 Å². The average molecular weight is 327 g/mol. The topological polar surface area (TPSA) is 119 Å². The Bertz CT molecular complexity index is 700. The van der Waals surface area contributed by atoms with Crippen molar-refractivity contribution in [3.8, 4) is 11.4 Å². The lowest BCUT2D eigenvalue weighted by atomic mass is 10.1. The van der Waals surface area contributed by atoms with Crippen molar-refractivity contribution >= 4 is 11.9 Å². The van der Waals surface area contributed by atoms with Crippen LogP contribution in [-0.2, 0) is 11.2 Å². The molecule has 0 unspecified atom stereocenters. The molecule has 4 N–H and O–H groups in total. The number of hydrogen-bond donors (Lipinski definition) is 3. The van der Waals surface area contributed by atoms with Crippen LogP contribution < -0.4 is 16.4 Å². The molecule has 1 atom stereocenters. The highest BCUT2D eigenvalue weighted by Gasteiger charge is 2.21. The molecule has 8 nitrogen and oxygen atoms in total. The molecule has 2 aromatic rings. The molecule has 1 aliphatic rings. The first-order valence-electron chi connectivity index (χ1n) is 8.12. The molecule has 0 aliphatic carbocycles. The number of hydrogen-bond acceptors (Lipinski definition) is 7.